The molecule has 190 valence electrons. The third kappa shape index (κ3) is 5.37. The molecule has 5 rings (SSSR count). The smallest absolute Gasteiger partial charge is 0.265 e. The molecule has 3 aromatic heterocycles. The van der Waals surface area contributed by atoms with E-state index >= 15 is 0 Å². The fourth-order valence-corrected chi connectivity index (χ4v) is 5.31. The predicted molar refractivity (Wildman–Crippen MR) is 131 cm³/mol. The topological polar surface area (TPSA) is 73.1 Å². The van der Waals surface area contributed by atoms with Crippen molar-refractivity contribution >= 4 is 5.78 Å². The predicted octanol–water partition coefficient (Wildman–Crippen LogP) is 4.69. The zero-order chi connectivity index (χ0) is 25.1. The van der Waals surface area contributed by atoms with E-state index in [0.29, 0.717) is 29.0 Å². The Morgan fingerprint density at radius 2 is 1.81 bits per heavy atom. The number of nitrogens with zero attached hydrogens (tertiary/aromatic N) is 5. The molecule has 1 aliphatic heterocycles. The minimum atomic E-state index is -2.58. The number of carbonyl (C=O) groups excluding carboxylic acids is 1. The van der Waals surface area contributed by atoms with Gasteiger partial charge in [0.1, 0.15) is 0 Å². The molecule has 9 heteroatoms. The quantitative estimate of drug-likeness (QED) is 0.443. The second-order valence-corrected chi connectivity index (χ2v) is 9.65. The third-order valence-corrected chi connectivity index (χ3v) is 7.44. The van der Waals surface area contributed by atoms with Crippen molar-refractivity contribution in [2.24, 2.45) is 0 Å². The number of pyridine rings is 2. The summed E-state index contributed by atoms with van der Waals surface area (Å²) >= 11 is 0. The summed E-state index contributed by atoms with van der Waals surface area (Å²) in [6, 6.07) is 7.51. The molecule has 1 saturated heterocycles. The van der Waals surface area contributed by atoms with E-state index in [1.54, 1.807) is 6.92 Å². The number of morpholine rings is 1. The highest BCUT2D eigenvalue weighted by atomic mass is 19.3. The Hall–Kier alpha value is -3.04. The van der Waals surface area contributed by atoms with Crippen LogP contribution in [0.1, 0.15) is 70.9 Å². The highest BCUT2D eigenvalue weighted by Gasteiger charge is 2.28. The van der Waals surface area contributed by atoms with E-state index in [-0.39, 0.29) is 17.8 Å². The molecule has 0 radical (unpaired) electrons. The minimum Gasteiger partial charge on any atom is -0.379 e. The molecule has 0 aromatic carbocycles. The molecule has 1 saturated carbocycles. The molecule has 7 nitrogen and oxygen atoms in total. The highest BCUT2D eigenvalue weighted by Crippen LogP contribution is 2.34. The number of aromatic nitrogens is 4. The number of ketones is 1. The normalized spacial score (nSPS) is 21.1. The zero-order valence-corrected chi connectivity index (χ0v) is 20.4. The SMILES string of the molecule is Cc1c(C(=O)Cc2ccc(C3CCC(N4CCOCC4)CC3)nc2)cnn1-c1ccc(C(F)F)cn1. The van der Waals surface area contributed by atoms with Gasteiger partial charge in [-0.25, -0.2) is 18.4 Å². The van der Waals surface area contributed by atoms with Gasteiger partial charge in [-0.2, -0.15) is 5.10 Å². The molecule has 0 N–H and O–H groups in total. The van der Waals surface area contributed by atoms with Crippen LogP contribution in [-0.2, 0) is 11.2 Å². The molecule has 0 unspecified atom stereocenters. The number of hydrogen-bond acceptors (Lipinski definition) is 6. The maximum absolute atomic E-state index is 13.0. The average molecular weight is 496 g/mol. The van der Waals surface area contributed by atoms with E-state index in [0.717, 1.165) is 56.6 Å². The van der Waals surface area contributed by atoms with E-state index in [9.17, 15) is 13.6 Å². The van der Waals surface area contributed by atoms with Crippen LogP contribution in [0.4, 0.5) is 8.78 Å². The van der Waals surface area contributed by atoms with E-state index in [1.165, 1.54) is 35.9 Å². The van der Waals surface area contributed by atoms with Crippen molar-refractivity contribution in [3.63, 3.8) is 0 Å². The first-order valence-corrected chi connectivity index (χ1v) is 12.6. The fraction of sp³-hybridized carbons (Fsp3) is 0.481. The van der Waals surface area contributed by atoms with Crippen LogP contribution in [0.3, 0.4) is 0 Å². The van der Waals surface area contributed by atoms with Crippen molar-refractivity contribution in [3.05, 3.63) is 70.9 Å². The van der Waals surface area contributed by atoms with Crippen molar-refractivity contribution in [2.45, 2.75) is 57.4 Å². The van der Waals surface area contributed by atoms with Crippen LogP contribution < -0.4 is 0 Å². The van der Waals surface area contributed by atoms with E-state index in [1.807, 2.05) is 12.3 Å². The molecule has 0 spiro atoms. The van der Waals surface area contributed by atoms with Gasteiger partial charge < -0.3 is 4.74 Å². The van der Waals surface area contributed by atoms with Crippen molar-refractivity contribution in [3.8, 4) is 5.82 Å². The van der Waals surface area contributed by atoms with Crippen molar-refractivity contribution in [2.75, 3.05) is 26.3 Å². The van der Waals surface area contributed by atoms with Gasteiger partial charge in [-0.05, 0) is 56.4 Å². The molecule has 0 atom stereocenters. The van der Waals surface area contributed by atoms with Crippen molar-refractivity contribution in [1.29, 1.82) is 0 Å². The number of carbonyl (C=O) groups is 1. The Labute approximate surface area is 209 Å². The van der Waals surface area contributed by atoms with Crippen LogP contribution >= 0.6 is 0 Å². The molecular formula is C27H31F2N5O2. The lowest BCUT2D eigenvalue weighted by Crippen LogP contribution is -2.44. The number of halogens is 2. The summed E-state index contributed by atoms with van der Waals surface area (Å²) in [7, 11) is 0. The van der Waals surface area contributed by atoms with E-state index in [2.05, 4.69) is 21.0 Å². The summed E-state index contributed by atoms with van der Waals surface area (Å²) in [5.74, 6) is 0.797. The maximum atomic E-state index is 13.0. The number of ether oxygens (including phenoxy) is 1. The first kappa shape index (κ1) is 24.6. The number of hydrogen-bond donors (Lipinski definition) is 0. The summed E-state index contributed by atoms with van der Waals surface area (Å²) in [4.78, 5) is 24.3. The van der Waals surface area contributed by atoms with Gasteiger partial charge >= 0.3 is 0 Å². The number of Topliss-reactive ketones (excluding diaryl/α,β-unsaturated/α-hetero) is 1. The molecule has 3 aromatic rings. The standard InChI is InChI=1S/C27H31F2N5O2/c1-18-23(17-32-34(18)26-9-5-21(16-31-26)27(28)29)25(35)14-19-2-8-24(30-15-19)20-3-6-22(7-4-20)33-10-12-36-13-11-33/h2,5,8-9,15-17,20,22,27H,3-4,6-7,10-14H2,1H3. The first-order chi connectivity index (χ1) is 17.5. The molecule has 1 aliphatic carbocycles. The molecular weight excluding hydrogens is 464 g/mol. The van der Waals surface area contributed by atoms with Crippen LogP contribution in [-0.4, -0.2) is 62.8 Å². The third-order valence-electron chi connectivity index (χ3n) is 7.44. The van der Waals surface area contributed by atoms with Gasteiger partial charge in [0.15, 0.2) is 11.6 Å². The maximum Gasteiger partial charge on any atom is 0.265 e. The molecule has 4 heterocycles. The lowest BCUT2D eigenvalue weighted by atomic mass is 9.83. The van der Waals surface area contributed by atoms with E-state index in [4.69, 9.17) is 9.72 Å². The summed E-state index contributed by atoms with van der Waals surface area (Å²) in [5.41, 5.74) is 2.92. The summed E-state index contributed by atoms with van der Waals surface area (Å²) in [6.45, 7) is 5.53. The molecule has 0 bridgehead atoms. The Balaban J connectivity index is 1.18. The Morgan fingerprint density at radius 1 is 1.03 bits per heavy atom. The Kier molecular flexibility index (Phi) is 7.48. The zero-order valence-electron chi connectivity index (χ0n) is 20.4. The average Bonchev–Trinajstić information content (AvgIpc) is 3.31. The van der Waals surface area contributed by atoms with Crippen molar-refractivity contribution < 1.29 is 18.3 Å². The Bertz CT molecular complexity index is 1170. The van der Waals surface area contributed by atoms with Gasteiger partial charge in [-0.3, -0.25) is 14.7 Å². The van der Waals surface area contributed by atoms with Crippen LogP contribution in [0.15, 0.2) is 42.9 Å². The van der Waals surface area contributed by atoms with Gasteiger partial charge in [0, 0.05) is 55.1 Å². The lowest BCUT2D eigenvalue weighted by Gasteiger charge is -2.38. The first-order valence-electron chi connectivity index (χ1n) is 12.6. The number of alkyl halides is 2. The monoisotopic (exact) mass is 495 g/mol. The highest BCUT2D eigenvalue weighted by molar-refractivity contribution is 5.98. The largest absolute Gasteiger partial charge is 0.379 e. The van der Waals surface area contributed by atoms with Gasteiger partial charge in [0.25, 0.3) is 6.43 Å². The second-order valence-electron chi connectivity index (χ2n) is 9.65. The van der Waals surface area contributed by atoms with Crippen molar-refractivity contribution in [1.82, 2.24) is 24.6 Å². The molecule has 36 heavy (non-hydrogen) atoms. The molecule has 2 fully saturated rings. The van der Waals surface area contributed by atoms with Gasteiger partial charge in [-0.15, -0.1) is 0 Å². The summed E-state index contributed by atoms with van der Waals surface area (Å²) in [5, 5.41) is 4.26. The molecule has 0 amide bonds. The Morgan fingerprint density at radius 3 is 2.44 bits per heavy atom. The van der Waals surface area contributed by atoms with Gasteiger partial charge in [0.2, 0.25) is 0 Å². The van der Waals surface area contributed by atoms with Crippen LogP contribution in [0.25, 0.3) is 5.82 Å². The van der Waals surface area contributed by atoms with Crippen LogP contribution in [0.2, 0.25) is 0 Å². The minimum absolute atomic E-state index is 0.0662. The number of rotatable bonds is 7. The van der Waals surface area contributed by atoms with Gasteiger partial charge in [0.05, 0.1) is 30.7 Å². The summed E-state index contributed by atoms with van der Waals surface area (Å²) in [6.07, 6.45) is 6.75. The molecule has 2 aliphatic rings. The van der Waals surface area contributed by atoms with E-state index < -0.39 is 6.43 Å². The lowest BCUT2D eigenvalue weighted by molar-refractivity contribution is 0.00721. The second kappa shape index (κ2) is 10.9. The van der Waals surface area contributed by atoms with Gasteiger partial charge in [-0.1, -0.05) is 6.07 Å². The fourth-order valence-electron chi connectivity index (χ4n) is 5.31. The summed E-state index contributed by atoms with van der Waals surface area (Å²) < 4.78 is 32.6. The van der Waals surface area contributed by atoms with Crippen LogP contribution in [0.5, 0.6) is 0 Å². The van der Waals surface area contributed by atoms with Crippen LogP contribution in [0, 0.1) is 6.92 Å².